The van der Waals surface area contributed by atoms with Gasteiger partial charge in [-0.2, -0.15) is 0 Å². The predicted molar refractivity (Wildman–Crippen MR) is 101 cm³/mol. The van der Waals surface area contributed by atoms with Crippen LogP contribution in [-0.2, 0) is 14.3 Å². The number of Topliss-reactive ketones (excluding diaryl/α,β-unsaturated/α-hetero) is 1. The number of esters is 1. The van der Waals surface area contributed by atoms with E-state index >= 15 is 0 Å². The zero-order valence-electron chi connectivity index (χ0n) is 16.2. The fraction of sp³-hybridized carbons (Fsp3) is 0.905. The summed E-state index contributed by atoms with van der Waals surface area (Å²) in [5, 5.41) is 0. The van der Waals surface area contributed by atoms with E-state index in [-0.39, 0.29) is 5.97 Å². The minimum absolute atomic E-state index is 0.0966. The first-order chi connectivity index (χ1) is 11.7. The van der Waals surface area contributed by atoms with Gasteiger partial charge in [0.25, 0.3) is 0 Å². The van der Waals surface area contributed by atoms with Gasteiger partial charge >= 0.3 is 5.97 Å². The Morgan fingerprint density at radius 3 is 1.38 bits per heavy atom. The summed E-state index contributed by atoms with van der Waals surface area (Å²) >= 11 is 0. The third-order valence-electron chi connectivity index (χ3n) is 4.62. The summed E-state index contributed by atoms with van der Waals surface area (Å²) in [6.07, 6.45) is 18.9. The van der Waals surface area contributed by atoms with Crippen molar-refractivity contribution in [1.82, 2.24) is 0 Å². The highest BCUT2D eigenvalue weighted by atomic mass is 16.5. The van der Waals surface area contributed by atoms with Crippen LogP contribution in [0.4, 0.5) is 0 Å². The molecule has 0 saturated heterocycles. The van der Waals surface area contributed by atoms with Crippen molar-refractivity contribution in [3.8, 4) is 0 Å². The van der Waals surface area contributed by atoms with E-state index in [1.165, 1.54) is 71.3 Å². The second kappa shape index (κ2) is 18.5. The van der Waals surface area contributed by atoms with E-state index in [9.17, 15) is 9.59 Å². The number of methoxy groups -OCH3 is 1. The van der Waals surface area contributed by atoms with E-state index in [0.29, 0.717) is 12.2 Å². The summed E-state index contributed by atoms with van der Waals surface area (Å²) in [4.78, 5) is 22.7. The Bertz CT molecular complexity index is 299. The van der Waals surface area contributed by atoms with Gasteiger partial charge in [0.1, 0.15) is 5.78 Å². The molecule has 0 heterocycles. The molecule has 0 aromatic heterocycles. The van der Waals surface area contributed by atoms with Crippen molar-refractivity contribution in [2.24, 2.45) is 0 Å². The van der Waals surface area contributed by atoms with Crippen LogP contribution < -0.4 is 0 Å². The number of carbonyl (C=O) groups is 2. The molecule has 0 rings (SSSR count). The number of ketones is 1. The van der Waals surface area contributed by atoms with Gasteiger partial charge in [-0.25, -0.2) is 0 Å². The van der Waals surface area contributed by atoms with Crippen LogP contribution in [-0.4, -0.2) is 18.9 Å². The fourth-order valence-electron chi connectivity index (χ4n) is 2.98. The zero-order valence-corrected chi connectivity index (χ0v) is 16.2. The van der Waals surface area contributed by atoms with Gasteiger partial charge in [0, 0.05) is 19.3 Å². The van der Waals surface area contributed by atoms with Crippen molar-refractivity contribution in [2.75, 3.05) is 7.11 Å². The smallest absolute Gasteiger partial charge is 0.305 e. The van der Waals surface area contributed by atoms with Gasteiger partial charge in [0.2, 0.25) is 0 Å². The highest BCUT2D eigenvalue weighted by molar-refractivity contribution is 5.78. The summed E-state index contributed by atoms with van der Waals surface area (Å²) in [7, 11) is 1.45. The molecular formula is C21H40O3. The van der Waals surface area contributed by atoms with E-state index < -0.39 is 0 Å². The molecule has 0 radical (unpaired) electrons. The molecule has 0 bridgehead atoms. The molecule has 3 nitrogen and oxygen atoms in total. The van der Waals surface area contributed by atoms with Crippen LogP contribution in [0, 0.1) is 0 Å². The summed E-state index contributed by atoms with van der Waals surface area (Å²) < 4.78 is 4.62. The maximum atomic E-state index is 11.8. The number of rotatable bonds is 18. The van der Waals surface area contributed by atoms with Crippen molar-refractivity contribution in [3.05, 3.63) is 0 Å². The molecule has 0 aliphatic carbocycles. The zero-order chi connectivity index (χ0) is 17.9. The SMILES string of the molecule is CCCCCCCCC(=O)CCCCCCCCCCC(=O)OC. The normalized spacial score (nSPS) is 10.8. The maximum Gasteiger partial charge on any atom is 0.305 e. The molecule has 0 N–H and O–H groups in total. The van der Waals surface area contributed by atoms with Gasteiger partial charge in [-0.1, -0.05) is 77.6 Å². The fourth-order valence-corrected chi connectivity index (χ4v) is 2.98. The van der Waals surface area contributed by atoms with E-state index in [1.807, 2.05) is 0 Å². The Morgan fingerprint density at radius 1 is 0.583 bits per heavy atom. The molecule has 0 saturated carbocycles. The second-order valence-electron chi connectivity index (χ2n) is 6.96. The Balaban J connectivity index is 3.18. The maximum absolute atomic E-state index is 11.8. The van der Waals surface area contributed by atoms with Gasteiger partial charge in [0.05, 0.1) is 7.11 Å². The van der Waals surface area contributed by atoms with Crippen molar-refractivity contribution in [2.45, 2.75) is 116 Å². The lowest BCUT2D eigenvalue weighted by molar-refractivity contribution is -0.140. The summed E-state index contributed by atoms with van der Waals surface area (Å²) in [6.45, 7) is 2.23. The molecule has 0 fully saturated rings. The summed E-state index contributed by atoms with van der Waals surface area (Å²) in [5.74, 6) is 0.369. The lowest BCUT2D eigenvalue weighted by Crippen LogP contribution is -1.99. The quantitative estimate of drug-likeness (QED) is 0.215. The van der Waals surface area contributed by atoms with E-state index in [2.05, 4.69) is 11.7 Å². The van der Waals surface area contributed by atoms with Gasteiger partial charge in [-0.05, 0) is 19.3 Å². The van der Waals surface area contributed by atoms with Crippen molar-refractivity contribution >= 4 is 11.8 Å². The molecule has 3 heteroatoms. The van der Waals surface area contributed by atoms with Crippen LogP contribution in [0.25, 0.3) is 0 Å². The van der Waals surface area contributed by atoms with Gasteiger partial charge in [-0.3, -0.25) is 9.59 Å². The van der Waals surface area contributed by atoms with Crippen molar-refractivity contribution in [3.63, 3.8) is 0 Å². The third-order valence-corrected chi connectivity index (χ3v) is 4.62. The van der Waals surface area contributed by atoms with Crippen LogP contribution in [0.3, 0.4) is 0 Å². The first kappa shape index (κ1) is 23.1. The van der Waals surface area contributed by atoms with E-state index in [4.69, 9.17) is 0 Å². The number of ether oxygens (including phenoxy) is 1. The first-order valence-electron chi connectivity index (χ1n) is 10.3. The highest BCUT2D eigenvalue weighted by Gasteiger charge is 2.02. The number of hydrogen-bond acceptors (Lipinski definition) is 3. The minimum Gasteiger partial charge on any atom is -0.469 e. The second-order valence-corrected chi connectivity index (χ2v) is 6.96. The third kappa shape index (κ3) is 17.5. The molecule has 142 valence electrons. The molecule has 0 amide bonds. The number of carbonyl (C=O) groups excluding carboxylic acids is 2. The average molecular weight is 341 g/mol. The molecule has 0 aliphatic rings. The standard InChI is InChI=1S/C21H40O3/c1-3-4-5-6-11-14-17-20(22)18-15-12-9-7-8-10-13-16-19-21(23)24-2/h3-19H2,1-2H3. The molecule has 0 spiro atoms. The largest absolute Gasteiger partial charge is 0.469 e. The van der Waals surface area contributed by atoms with E-state index in [1.54, 1.807) is 0 Å². The molecule has 0 aliphatic heterocycles. The monoisotopic (exact) mass is 340 g/mol. The molecular weight excluding hydrogens is 300 g/mol. The number of hydrogen-bond donors (Lipinski definition) is 0. The molecule has 0 atom stereocenters. The van der Waals surface area contributed by atoms with Crippen molar-refractivity contribution < 1.29 is 14.3 Å². The van der Waals surface area contributed by atoms with Crippen LogP contribution >= 0.6 is 0 Å². The predicted octanol–water partition coefficient (Wildman–Crippen LogP) is 6.38. The molecule has 0 aromatic carbocycles. The topological polar surface area (TPSA) is 43.4 Å². The van der Waals surface area contributed by atoms with Gasteiger partial charge in [0.15, 0.2) is 0 Å². The first-order valence-corrected chi connectivity index (χ1v) is 10.3. The van der Waals surface area contributed by atoms with Crippen LogP contribution in [0.15, 0.2) is 0 Å². The Morgan fingerprint density at radius 2 is 0.958 bits per heavy atom. The van der Waals surface area contributed by atoms with Crippen molar-refractivity contribution in [1.29, 1.82) is 0 Å². The van der Waals surface area contributed by atoms with Gasteiger partial charge in [-0.15, -0.1) is 0 Å². The number of unbranched alkanes of at least 4 members (excludes halogenated alkanes) is 12. The lowest BCUT2D eigenvalue weighted by Gasteiger charge is -2.03. The summed E-state index contributed by atoms with van der Waals surface area (Å²) in [6, 6.07) is 0. The molecule has 0 aromatic rings. The Labute approximate surface area is 149 Å². The minimum atomic E-state index is -0.0966. The van der Waals surface area contributed by atoms with Gasteiger partial charge < -0.3 is 4.74 Å². The average Bonchev–Trinajstić information content (AvgIpc) is 2.59. The van der Waals surface area contributed by atoms with Crippen LogP contribution in [0.2, 0.25) is 0 Å². The summed E-state index contributed by atoms with van der Waals surface area (Å²) in [5.41, 5.74) is 0. The highest BCUT2D eigenvalue weighted by Crippen LogP contribution is 2.13. The Kier molecular flexibility index (Phi) is 17.8. The Hall–Kier alpha value is -0.860. The van der Waals surface area contributed by atoms with E-state index in [0.717, 1.165) is 38.5 Å². The van der Waals surface area contributed by atoms with Crippen LogP contribution in [0.1, 0.15) is 116 Å². The molecule has 0 unspecified atom stereocenters. The van der Waals surface area contributed by atoms with Crippen LogP contribution in [0.5, 0.6) is 0 Å². The lowest BCUT2D eigenvalue weighted by atomic mass is 10.0. The molecule has 24 heavy (non-hydrogen) atoms.